The lowest BCUT2D eigenvalue weighted by Crippen LogP contribution is -2.04. The van der Waals surface area contributed by atoms with Crippen molar-refractivity contribution in [3.05, 3.63) is 24.2 Å². The highest BCUT2D eigenvalue weighted by Gasteiger charge is 2.11. The number of carboxylic acids is 1. The molecule has 0 fully saturated rings. The van der Waals surface area contributed by atoms with E-state index in [1.165, 1.54) is 6.07 Å². The predicted octanol–water partition coefficient (Wildman–Crippen LogP) is 0.0752. The minimum absolute atomic E-state index is 0.0401. The largest absolute Gasteiger partial charge is 0.475 e. The molecule has 0 saturated heterocycles. The van der Waals surface area contributed by atoms with E-state index in [2.05, 4.69) is 15.0 Å². The number of aromatic amines is 2. The molecule has 0 radical (unpaired) electrons. The summed E-state index contributed by atoms with van der Waals surface area (Å²) in [4.78, 5) is 20.0. The van der Waals surface area contributed by atoms with Crippen LogP contribution < -0.4 is 4.98 Å². The average molecular weight is 164 g/mol. The second-order valence-corrected chi connectivity index (χ2v) is 2.33. The van der Waals surface area contributed by atoms with Crippen molar-refractivity contribution in [1.29, 1.82) is 0 Å². The maximum Gasteiger partial charge on any atom is 0.371 e. The highest BCUT2D eigenvalue weighted by Crippen LogP contribution is 2.03. The molecule has 60 valence electrons. The van der Waals surface area contributed by atoms with E-state index in [9.17, 15) is 4.79 Å². The van der Waals surface area contributed by atoms with Gasteiger partial charge < -0.3 is 5.11 Å². The standard InChI is InChI=1S/C7H5N3O2/c11-7(12)5-2-1-4-6(10-5)9-3-8-4/h1-3H,(H,11,12)(H,8,9,10)/p+1. The van der Waals surface area contributed by atoms with Crippen LogP contribution in [0.3, 0.4) is 0 Å². The van der Waals surface area contributed by atoms with Gasteiger partial charge in [0.1, 0.15) is 0 Å². The fourth-order valence-electron chi connectivity index (χ4n) is 0.987. The molecule has 0 saturated carbocycles. The Kier molecular flexibility index (Phi) is 1.30. The van der Waals surface area contributed by atoms with E-state index in [1.807, 2.05) is 0 Å². The lowest BCUT2D eigenvalue weighted by atomic mass is 10.3. The smallest absolute Gasteiger partial charge is 0.371 e. The van der Waals surface area contributed by atoms with Gasteiger partial charge in [-0.3, -0.25) is 4.98 Å². The molecule has 5 heteroatoms. The molecule has 0 aliphatic heterocycles. The van der Waals surface area contributed by atoms with Gasteiger partial charge in [-0.15, -0.1) is 0 Å². The van der Waals surface area contributed by atoms with Gasteiger partial charge in [0.05, 0.1) is 0 Å². The van der Waals surface area contributed by atoms with Gasteiger partial charge in [-0.1, -0.05) is 4.98 Å². The summed E-state index contributed by atoms with van der Waals surface area (Å²) in [6.45, 7) is 0. The van der Waals surface area contributed by atoms with Crippen LogP contribution in [-0.4, -0.2) is 21.0 Å². The molecule has 0 amide bonds. The fourth-order valence-corrected chi connectivity index (χ4v) is 0.987. The van der Waals surface area contributed by atoms with Crippen molar-refractivity contribution in [3.63, 3.8) is 0 Å². The number of aromatic carboxylic acids is 1. The molecule has 2 aromatic rings. The molecule has 0 aliphatic carbocycles. The van der Waals surface area contributed by atoms with Gasteiger partial charge in [-0.05, 0) is 12.1 Å². The normalized spacial score (nSPS) is 10.3. The molecule has 0 unspecified atom stereocenters. The number of H-pyrrole nitrogens is 2. The SMILES string of the molecule is O=C(O)c1ccc2[nH]c[nH+]c2n1. The molecule has 0 aromatic carbocycles. The Hall–Kier alpha value is -1.91. The number of fused-ring (bicyclic) bond motifs is 1. The predicted molar refractivity (Wildman–Crippen MR) is 39.6 cm³/mol. The Balaban J connectivity index is 2.68. The zero-order valence-corrected chi connectivity index (χ0v) is 6.03. The fraction of sp³-hybridized carbons (Fsp3) is 0. The van der Waals surface area contributed by atoms with Crippen LogP contribution in [0.5, 0.6) is 0 Å². The van der Waals surface area contributed by atoms with Crippen molar-refractivity contribution in [1.82, 2.24) is 9.97 Å². The second-order valence-electron chi connectivity index (χ2n) is 2.33. The van der Waals surface area contributed by atoms with Gasteiger partial charge in [-0.2, -0.15) is 0 Å². The van der Waals surface area contributed by atoms with E-state index < -0.39 is 5.97 Å². The van der Waals surface area contributed by atoms with E-state index in [4.69, 9.17) is 5.11 Å². The lowest BCUT2D eigenvalue weighted by molar-refractivity contribution is -0.347. The summed E-state index contributed by atoms with van der Waals surface area (Å²) in [7, 11) is 0. The summed E-state index contributed by atoms with van der Waals surface area (Å²) in [6.07, 6.45) is 1.60. The first-order valence-electron chi connectivity index (χ1n) is 3.36. The van der Waals surface area contributed by atoms with Crippen molar-refractivity contribution < 1.29 is 14.9 Å². The number of pyridine rings is 1. The van der Waals surface area contributed by atoms with Crippen molar-refractivity contribution in [2.24, 2.45) is 0 Å². The first-order chi connectivity index (χ1) is 5.77. The number of hydrogen-bond donors (Lipinski definition) is 2. The van der Waals surface area contributed by atoms with E-state index in [-0.39, 0.29) is 5.69 Å². The Morgan fingerprint density at radius 2 is 2.42 bits per heavy atom. The summed E-state index contributed by atoms with van der Waals surface area (Å²) in [5, 5.41) is 8.60. The first-order valence-corrected chi connectivity index (χ1v) is 3.36. The zero-order valence-electron chi connectivity index (χ0n) is 6.03. The molecule has 3 N–H and O–H groups in total. The molecule has 0 spiro atoms. The molecular formula is C7H6N3O2+. The maximum absolute atomic E-state index is 10.5. The third-order valence-corrected chi connectivity index (χ3v) is 1.55. The van der Waals surface area contributed by atoms with E-state index in [0.717, 1.165) is 5.52 Å². The van der Waals surface area contributed by atoms with Crippen LogP contribution in [0, 0.1) is 0 Å². The summed E-state index contributed by atoms with van der Waals surface area (Å²) in [5.74, 6) is -1.02. The van der Waals surface area contributed by atoms with Crippen LogP contribution in [0.15, 0.2) is 18.5 Å². The topological polar surface area (TPSA) is 80.1 Å². The minimum atomic E-state index is -1.02. The van der Waals surface area contributed by atoms with Crippen LogP contribution in [0.1, 0.15) is 10.5 Å². The number of aromatic nitrogens is 3. The second kappa shape index (κ2) is 2.30. The number of hydrogen-bond acceptors (Lipinski definition) is 2. The summed E-state index contributed by atoms with van der Waals surface area (Å²) in [6, 6.07) is 3.12. The Morgan fingerprint density at radius 1 is 1.58 bits per heavy atom. The van der Waals surface area contributed by atoms with Crippen LogP contribution >= 0.6 is 0 Å². The number of imidazole rings is 1. The summed E-state index contributed by atoms with van der Waals surface area (Å²) in [5.41, 5.74) is 1.38. The number of carboxylic acid groups (broad SMARTS) is 1. The monoisotopic (exact) mass is 164 g/mol. The molecular weight excluding hydrogens is 158 g/mol. The van der Waals surface area contributed by atoms with Gasteiger partial charge in [-0.25, -0.2) is 9.78 Å². The zero-order chi connectivity index (χ0) is 8.55. The summed E-state index contributed by atoms with van der Waals surface area (Å²) < 4.78 is 0. The highest BCUT2D eigenvalue weighted by molar-refractivity contribution is 5.87. The van der Waals surface area contributed by atoms with Gasteiger partial charge >= 0.3 is 5.97 Å². The molecule has 12 heavy (non-hydrogen) atoms. The number of nitrogens with one attached hydrogen (secondary N) is 2. The van der Waals surface area contributed by atoms with E-state index >= 15 is 0 Å². The number of nitrogens with zero attached hydrogens (tertiary/aromatic N) is 1. The van der Waals surface area contributed by atoms with Gasteiger partial charge in [0.2, 0.25) is 5.69 Å². The van der Waals surface area contributed by atoms with Crippen LogP contribution in [0.4, 0.5) is 0 Å². The van der Waals surface area contributed by atoms with Crippen LogP contribution in [-0.2, 0) is 0 Å². The molecule has 2 heterocycles. The average Bonchev–Trinajstić information content (AvgIpc) is 2.49. The van der Waals surface area contributed by atoms with E-state index in [0.29, 0.717) is 5.65 Å². The van der Waals surface area contributed by atoms with Crippen LogP contribution in [0.25, 0.3) is 11.2 Å². The third kappa shape index (κ3) is 0.914. The molecule has 0 atom stereocenters. The highest BCUT2D eigenvalue weighted by atomic mass is 16.4. The Morgan fingerprint density at radius 3 is 3.17 bits per heavy atom. The number of carbonyl (C=O) groups is 1. The first kappa shape index (κ1) is 6.78. The molecule has 2 aromatic heterocycles. The Bertz CT molecular complexity index is 435. The van der Waals surface area contributed by atoms with Gasteiger partial charge in [0.25, 0.3) is 5.65 Å². The van der Waals surface area contributed by atoms with Crippen molar-refractivity contribution in [3.8, 4) is 0 Å². The van der Waals surface area contributed by atoms with Gasteiger partial charge in [0.15, 0.2) is 11.8 Å². The van der Waals surface area contributed by atoms with Gasteiger partial charge in [0, 0.05) is 0 Å². The van der Waals surface area contributed by atoms with Crippen molar-refractivity contribution in [2.75, 3.05) is 0 Å². The van der Waals surface area contributed by atoms with Crippen LogP contribution in [0.2, 0.25) is 0 Å². The van der Waals surface area contributed by atoms with Crippen molar-refractivity contribution >= 4 is 17.1 Å². The Labute approximate surface area is 67.1 Å². The maximum atomic E-state index is 10.5. The molecule has 0 bridgehead atoms. The van der Waals surface area contributed by atoms with E-state index in [1.54, 1.807) is 12.4 Å². The quantitative estimate of drug-likeness (QED) is 0.626. The molecule has 2 rings (SSSR count). The minimum Gasteiger partial charge on any atom is -0.475 e. The molecule has 0 aliphatic rings. The number of rotatable bonds is 1. The summed E-state index contributed by atoms with van der Waals surface area (Å²) >= 11 is 0. The molecule has 5 nitrogen and oxygen atoms in total. The van der Waals surface area contributed by atoms with Crippen molar-refractivity contribution in [2.45, 2.75) is 0 Å². The third-order valence-electron chi connectivity index (χ3n) is 1.55. The lowest BCUT2D eigenvalue weighted by Gasteiger charge is -1.85.